The van der Waals surface area contributed by atoms with Gasteiger partial charge >= 0.3 is 0 Å². The van der Waals surface area contributed by atoms with Crippen molar-refractivity contribution >= 4 is 5.91 Å². The van der Waals surface area contributed by atoms with Gasteiger partial charge in [-0.25, -0.2) is 0 Å². The molecule has 0 fully saturated rings. The van der Waals surface area contributed by atoms with E-state index in [1.54, 1.807) is 4.90 Å². The maximum absolute atomic E-state index is 11.6. The molecule has 0 aliphatic carbocycles. The highest BCUT2D eigenvalue weighted by Gasteiger charge is 2.15. The summed E-state index contributed by atoms with van der Waals surface area (Å²) in [6.07, 6.45) is 5.20. The van der Waals surface area contributed by atoms with E-state index in [0.29, 0.717) is 0 Å². The molecule has 0 aliphatic heterocycles. The van der Waals surface area contributed by atoms with Crippen LogP contribution in [0.3, 0.4) is 0 Å². The van der Waals surface area contributed by atoms with Crippen LogP contribution in [0.4, 0.5) is 0 Å². The number of amides is 1. The molecule has 3 heteroatoms. The summed E-state index contributed by atoms with van der Waals surface area (Å²) in [4.78, 5) is 13.4. The van der Waals surface area contributed by atoms with Gasteiger partial charge in [0, 0.05) is 13.6 Å². The highest BCUT2D eigenvalue weighted by molar-refractivity contribution is 5.81. The minimum Gasteiger partial charge on any atom is -0.344 e. The van der Waals surface area contributed by atoms with Crippen LogP contribution < -0.4 is 5.73 Å². The molecule has 1 unspecified atom stereocenters. The van der Waals surface area contributed by atoms with E-state index in [-0.39, 0.29) is 11.9 Å². The van der Waals surface area contributed by atoms with Crippen LogP contribution in [0.15, 0.2) is 0 Å². The molecule has 0 rings (SSSR count). The van der Waals surface area contributed by atoms with Crippen LogP contribution in [0.25, 0.3) is 0 Å². The number of likely N-dealkylation sites (N-methyl/N-ethyl adjacent to an activating group) is 1. The molecule has 0 heterocycles. The van der Waals surface area contributed by atoms with Crippen LogP contribution in [0.1, 0.15) is 46.0 Å². The second-order valence-electron chi connectivity index (χ2n) is 3.86. The molecule has 3 nitrogen and oxygen atoms in total. The van der Waals surface area contributed by atoms with Gasteiger partial charge in [-0.05, 0) is 12.8 Å². The topological polar surface area (TPSA) is 46.3 Å². The highest BCUT2D eigenvalue weighted by atomic mass is 16.2. The highest BCUT2D eigenvalue weighted by Crippen LogP contribution is 2.01. The van der Waals surface area contributed by atoms with Crippen molar-refractivity contribution in [1.82, 2.24) is 4.90 Å². The predicted octanol–water partition coefficient (Wildman–Crippen LogP) is 1.76. The van der Waals surface area contributed by atoms with Crippen molar-refractivity contribution in [3.63, 3.8) is 0 Å². The summed E-state index contributed by atoms with van der Waals surface area (Å²) >= 11 is 0. The number of rotatable bonds is 7. The molecular weight excluding hydrogens is 176 g/mol. The fourth-order valence-electron chi connectivity index (χ4n) is 1.43. The van der Waals surface area contributed by atoms with Gasteiger partial charge in [-0.15, -0.1) is 0 Å². The smallest absolute Gasteiger partial charge is 0.239 e. The Hall–Kier alpha value is -0.570. The van der Waals surface area contributed by atoms with Crippen molar-refractivity contribution in [1.29, 1.82) is 0 Å². The lowest BCUT2D eigenvalue weighted by Crippen LogP contribution is -2.42. The fraction of sp³-hybridized carbons (Fsp3) is 0.909. The Balaban J connectivity index is 3.74. The van der Waals surface area contributed by atoms with E-state index in [2.05, 4.69) is 6.92 Å². The number of hydrogen-bond donors (Lipinski definition) is 1. The summed E-state index contributed by atoms with van der Waals surface area (Å²) in [5.41, 5.74) is 5.74. The monoisotopic (exact) mass is 200 g/mol. The number of nitrogens with zero attached hydrogens (tertiary/aromatic N) is 1. The molecule has 1 atom stereocenters. The van der Waals surface area contributed by atoms with Gasteiger partial charge in [0.15, 0.2) is 0 Å². The summed E-state index contributed by atoms with van der Waals surface area (Å²) in [5, 5.41) is 0. The first kappa shape index (κ1) is 13.4. The van der Waals surface area contributed by atoms with Gasteiger partial charge in [0.05, 0.1) is 6.04 Å². The molecule has 0 saturated carbocycles. The Morgan fingerprint density at radius 2 is 1.93 bits per heavy atom. The van der Waals surface area contributed by atoms with Crippen molar-refractivity contribution in [2.45, 2.75) is 52.0 Å². The minimum absolute atomic E-state index is 0.0861. The molecule has 0 aromatic rings. The molecule has 0 radical (unpaired) electrons. The van der Waals surface area contributed by atoms with Crippen LogP contribution in [-0.4, -0.2) is 30.4 Å². The first-order valence-electron chi connectivity index (χ1n) is 5.64. The maximum Gasteiger partial charge on any atom is 0.239 e. The number of carbonyl (C=O) groups is 1. The molecule has 84 valence electrons. The Morgan fingerprint density at radius 1 is 1.29 bits per heavy atom. The SMILES string of the molecule is CCCCCN(C)C(=O)C(N)CCC. The largest absolute Gasteiger partial charge is 0.344 e. The van der Waals surface area contributed by atoms with Crippen LogP contribution in [0.5, 0.6) is 0 Å². The summed E-state index contributed by atoms with van der Waals surface area (Å²) in [7, 11) is 1.84. The van der Waals surface area contributed by atoms with Crippen LogP contribution in [0, 0.1) is 0 Å². The van der Waals surface area contributed by atoms with Crippen LogP contribution in [-0.2, 0) is 4.79 Å². The Labute approximate surface area is 87.6 Å². The van der Waals surface area contributed by atoms with Gasteiger partial charge in [-0.3, -0.25) is 4.79 Å². The molecule has 0 saturated heterocycles. The maximum atomic E-state index is 11.6. The van der Waals surface area contributed by atoms with Crippen molar-refractivity contribution in [3.8, 4) is 0 Å². The summed E-state index contributed by atoms with van der Waals surface area (Å²) in [6, 6.07) is -0.299. The molecule has 14 heavy (non-hydrogen) atoms. The standard InChI is InChI=1S/C11H24N2O/c1-4-6-7-9-13(3)11(14)10(12)8-5-2/h10H,4-9,12H2,1-3H3. The van der Waals surface area contributed by atoms with Crippen molar-refractivity contribution < 1.29 is 4.79 Å². The molecule has 0 aliphatic rings. The lowest BCUT2D eigenvalue weighted by atomic mass is 10.1. The Bertz CT molecular complexity index is 159. The number of carbonyl (C=O) groups excluding carboxylic acids is 1. The van der Waals surface area contributed by atoms with Gasteiger partial charge < -0.3 is 10.6 Å². The van der Waals surface area contributed by atoms with Gasteiger partial charge in [0.25, 0.3) is 0 Å². The van der Waals surface area contributed by atoms with Crippen molar-refractivity contribution in [3.05, 3.63) is 0 Å². The fourth-order valence-corrected chi connectivity index (χ4v) is 1.43. The zero-order valence-corrected chi connectivity index (χ0v) is 9.75. The summed E-state index contributed by atoms with van der Waals surface area (Å²) < 4.78 is 0. The lowest BCUT2D eigenvalue weighted by molar-refractivity contribution is -0.131. The third-order valence-electron chi connectivity index (χ3n) is 2.39. The average Bonchev–Trinajstić information content (AvgIpc) is 2.17. The number of unbranched alkanes of at least 4 members (excludes halogenated alkanes) is 2. The average molecular weight is 200 g/mol. The zero-order chi connectivity index (χ0) is 11.0. The Morgan fingerprint density at radius 3 is 2.43 bits per heavy atom. The Kier molecular flexibility index (Phi) is 7.48. The van der Waals surface area contributed by atoms with E-state index < -0.39 is 0 Å². The molecule has 1 amide bonds. The third-order valence-corrected chi connectivity index (χ3v) is 2.39. The van der Waals surface area contributed by atoms with E-state index in [0.717, 1.165) is 25.8 Å². The van der Waals surface area contributed by atoms with Crippen molar-refractivity contribution in [2.75, 3.05) is 13.6 Å². The normalized spacial score (nSPS) is 12.6. The first-order valence-corrected chi connectivity index (χ1v) is 5.64. The number of nitrogens with two attached hydrogens (primary N) is 1. The molecular formula is C11H24N2O. The molecule has 0 aromatic carbocycles. The van der Waals surface area contributed by atoms with E-state index in [1.807, 2.05) is 14.0 Å². The second kappa shape index (κ2) is 7.80. The summed E-state index contributed by atoms with van der Waals surface area (Å²) in [5.74, 6) is 0.0861. The third kappa shape index (κ3) is 5.22. The van der Waals surface area contributed by atoms with Crippen LogP contribution >= 0.6 is 0 Å². The van der Waals surface area contributed by atoms with E-state index in [1.165, 1.54) is 12.8 Å². The number of hydrogen-bond acceptors (Lipinski definition) is 2. The quantitative estimate of drug-likeness (QED) is 0.637. The minimum atomic E-state index is -0.299. The molecule has 0 spiro atoms. The van der Waals surface area contributed by atoms with E-state index in [4.69, 9.17) is 5.73 Å². The van der Waals surface area contributed by atoms with Gasteiger partial charge in [0.2, 0.25) is 5.91 Å². The van der Waals surface area contributed by atoms with Gasteiger partial charge in [-0.2, -0.15) is 0 Å². The van der Waals surface area contributed by atoms with Crippen molar-refractivity contribution in [2.24, 2.45) is 5.73 Å². The lowest BCUT2D eigenvalue weighted by Gasteiger charge is -2.20. The van der Waals surface area contributed by atoms with Crippen LogP contribution in [0.2, 0.25) is 0 Å². The molecule has 0 bridgehead atoms. The van der Waals surface area contributed by atoms with E-state index in [9.17, 15) is 4.79 Å². The van der Waals surface area contributed by atoms with E-state index >= 15 is 0 Å². The second-order valence-corrected chi connectivity index (χ2v) is 3.86. The molecule has 0 aromatic heterocycles. The predicted molar refractivity (Wildman–Crippen MR) is 60.0 cm³/mol. The first-order chi connectivity index (χ1) is 6.63. The molecule has 2 N–H and O–H groups in total. The summed E-state index contributed by atoms with van der Waals surface area (Å²) in [6.45, 7) is 5.04. The van der Waals surface area contributed by atoms with Gasteiger partial charge in [-0.1, -0.05) is 33.1 Å². The zero-order valence-electron chi connectivity index (χ0n) is 9.75. The van der Waals surface area contributed by atoms with Gasteiger partial charge in [0.1, 0.15) is 0 Å².